The molecule has 82 valence electrons. The molecule has 0 aromatic carbocycles. The standard InChI is InChI=1S/C12H18N2O/c1-12(15,8-13-2)10-6-5-9-4-3-7-14-11(9)10/h3-4,7,10,13,15H,5-6,8H2,1-2H3. The number of nitrogens with one attached hydrogen (secondary N) is 1. The number of aromatic nitrogens is 1. The van der Waals surface area contributed by atoms with Crippen LogP contribution in [0.2, 0.25) is 0 Å². The second-order valence-corrected chi connectivity index (χ2v) is 4.53. The summed E-state index contributed by atoms with van der Waals surface area (Å²) in [5, 5.41) is 13.4. The second kappa shape index (κ2) is 3.91. The van der Waals surface area contributed by atoms with Gasteiger partial charge in [-0.15, -0.1) is 0 Å². The Morgan fingerprint density at radius 1 is 1.67 bits per heavy atom. The Bertz CT molecular complexity index is 349. The van der Waals surface area contributed by atoms with Gasteiger partial charge in [-0.1, -0.05) is 6.07 Å². The molecule has 0 bridgehead atoms. The number of likely N-dealkylation sites (N-methyl/N-ethyl adjacent to an activating group) is 1. The molecule has 1 aromatic rings. The summed E-state index contributed by atoms with van der Waals surface area (Å²) < 4.78 is 0. The van der Waals surface area contributed by atoms with Crippen LogP contribution in [0.3, 0.4) is 0 Å². The van der Waals surface area contributed by atoms with Crippen molar-refractivity contribution in [3.63, 3.8) is 0 Å². The predicted molar refractivity (Wildman–Crippen MR) is 59.8 cm³/mol. The molecule has 1 aliphatic carbocycles. The maximum Gasteiger partial charge on any atom is 0.0826 e. The van der Waals surface area contributed by atoms with Crippen molar-refractivity contribution in [1.82, 2.24) is 10.3 Å². The quantitative estimate of drug-likeness (QED) is 0.778. The van der Waals surface area contributed by atoms with E-state index in [1.54, 1.807) is 0 Å². The first-order valence-electron chi connectivity index (χ1n) is 5.46. The van der Waals surface area contributed by atoms with Crippen LogP contribution in [0.5, 0.6) is 0 Å². The summed E-state index contributed by atoms with van der Waals surface area (Å²) in [6, 6.07) is 4.08. The number of fused-ring (bicyclic) bond motifs is 1. The molecule has 1 aromatic heterocycles. The van der Waals surface area contributed by atoms with E-state index in [4.69, 9.17) is 0 Å². The van der Waals surface area contributed by atoms with Crippen molar-refractivity contribution in [2.75, 3.05) is 13.6 Å². The molecule has 3 heteroatoms. The average molecular weight is 206 g/mol. The highest BCUT2D eigenvalue weighted by Crippen LogP contribution is 2.38. The Morgan fingerprint density at radius 3 is 3.20 bits per heavy atom. The molecule has 1 aliphatic rings. The predicted octanol–water partition coefficient (Wildman–Crippen LogP) is 1.08. The minimum Gasteiger partial charge on any atom is -0.388 e. The third-order valence-electron chi connectivity index (χ3n) is 3.24. The third-order valence-corrected chi connectivity index (χ3v) is 3.24. The van der Waals surface area contributed by atoms with Gasteiger partial charge in [-0.2, -0.15) is 0 Å². The molecular formula is C12H18N2O. The molecule has 2 atom stereocenters. The first kappa shape index (κ1) is 10.6. The highest BCUT2D eigenvalue weighted by atomic mass is 16.3. The fourth-order valence-electron chi connectivity index (χ4n) is 2.50. The van der Waals surface area contributed by atoms with E-state index in [2.05, 4.69) is 16.4 Å². The molecule has 15 heavy (non-hydrogen) atoms. The molecule has 0 radical (unpaired) electrons. The zero-order valence-electron chi connectivity index (χ0n) is 9.33. The van der Waals surface area contributed by atoms with Gasteiger partial charge in [0.25, 0.3) is 0 Å². The molecule has 0 aliphatic heterocycles. The molecule has 2 N–H and O–H groups in total. The van der Waals surface area contributed by atoms with E-state index in [9.17, 15) is 5.11 Å². The van der Waals surface area contributed by atoms with Crippen LogP contribution >= 0.6 is 0 Å². The van der Waals surface area contributed by atoms with E-state index < -0.39 is 5.60 Å². The fraction of sp³-hybridized carbons (Fsp3) is 0.583. The summed E-state index contributed by atoms with van der Waals surface area (Å²) in [6.45, 7) is 2.49. The lowest BCUT2D eigenvalue weighted by molar-refractivity contribution is 0.0317. The molecule has 1 heterocycles. The van der Waals surface area contributed by atoms with Gasteiger partial charge >= 0.3 is 0 Å². The van der Waals surface area contributed by atoms with Gasteiger partial charge in [0.1, 0.15) is 0 Å². The maximum absolute atomic E-state index is 10.4. The van der Waals surface area contributed by atoms with Crippen LogP contribution in [0.15, 0.2) is 18.3 Å². The van der Waals surface area contributed by atoms with Gasteiger partial charge in [-0.3, -0.25) is 4.98 Å². The number of nitrogens with zero attached hydrogens (tertiary/aromatic N) is 1. The topological polar surface area (TPSA) is 45.1 Å². The van der Waals surface area contributed by atoms with Gasteiger partial charge in [0.05, 0.1) is 5.60 Å². The van der Waals surface area contributed by atoms with Crippen LogP contribution in [-0.2, 0) is 6.42 Å². The Kier molecular flexibility index (Phi) is 2.76. The molecule has 0 fully saturated rings. The van der Waals surface area contributed by atoms with Crippen molar-refractivity contribution >= 4 is 0 Å². The molecule has 0 amide bonds. The molecule has 0 saturated heterocycles. The van der Waals surface area contributed by atoms with Crippen molar-refractivity contribution in [2.24, 2.45) is 0 Å². The number of pyridine rings is 1. The van der Waals surface area contributed by atoms with E-state index in [0.29, 0.717) is 6.54 Å². The lowest BCUT2D eigenvalue weighted by Crippen LogP contribution is -2.41. The Labute approximate surface area is 90.5 Å². The van der Waals surface area contributed by atoms with Crippen LogP contribution < -0.4 is 5.32 Å². The van der Waals surface area contributed by atoms with Crippen molar-refractivity contribution in [1.29, 1.82) is 0 Å². The summed E-state index contributed by atoms with van der Waals surface area (Å²) in [6.07, 6.45) is 3.85. The zero-order chi connectivity index (χ0) is 10.9. The number of hydrogen-bond donors (Lipinski definition) is 2. The Hall–Kier alpha value is -0.930. The van der Waals surface area contributed by atoms with Crippen LogP contribution in [0.1, 0.15) is 30.5 Å². The zero-order valence-corrected chi connectivity index (χ0v) is 9.33. The Morgan fingerprint density at radius 2 is 2.47 bits per heavy atom. The van der Waals surface area contributed by atoms with Gasteiger partial charge < -0.3 is 10.4 Å². The van der Waals surface area contributed by atoms with Crippen LogP contribution in [0.4, 0.5) is 0 Å². The largest absolute Gasteiger partial charge is 0.388 e. The molecule has 2 unspecified atom stereocenters. The summed E-state index contributed by atoms with van der Waals surface area (Å²) in [7, 11) is 1.86. The van der Waals surface area contributed by atoms with Gasteiger partial charge in [0.15, 0.2) is 0 Å². The SMILES string of the molecule is CNCC(C)(O)C1CCc2cccnc21. The normalized spacial score (nSPS) is 23.5. The second-order valence-electron chi connectivity index (χ2n) is 4.53. The van der Waals surface area contributed by atoms with Gasteiger partial charge in [-0.25, -0.2) is 0 Å². The number of hydrogen-bond acceptors (Lipinski definition) is 3. The molecule has 0 saturated carbocycles. The molecule has 2 rings (SSSR count). The van der Waals surface area contributed by atoms with Crippen molar-refractivity contribution in [3.05, 3.63) is 29.6 Å². The molecule has 3 nitrogen and oxygen atoms in total. The highest BCUT2D eigenvalue weighted by Gasteiger charge is 2.37. The van der Waals surface area contributed by atoms with E-state index in [0.717, 1.165) is 18.5 Å². The molecule has 0 spiro atoms. The average Bonchev–Trinajstić information content (AvgIpc) is 2.61. The van der Waals surface area contributed by atoms with E-state index >= 15 is 0 Å². The van der Waals surface area contributed by atoms with Crippen LogP contribution in [-0.4, -0.2) is 29.3 Å². The maximum atomic E-state index is 10.4. The number of aryl methyl sites for hydroxylation is 1. The monoisotopic (exact) mass is 206 g/mol. The first-order chi connectivity index (χ1) is 7.15. The van der Waals surface area contributed by atoms with Gasteiger partial charge in [0.2, 0.25) is 0 Å². The van der Waals surface area contributed by atoms with E-state index in [1.807, 2.05) is 26.2 Å². The number of aliphatic hydroxyl groups is 1. The first-order valence-corrected chi connectivity index (χ1v) is 5.46. The van der Waals surface area contributed by atoms with Crippen molar-refractivity contribution in [2.45, 2.75) is 31.3 Å². The van der Waals surface area contributed by atoms with Crippen molar-refractivity contribution < 1.29 is 5.11 Å². The Balaban J connectivity index is 2.27. The summed E-state index contributed by atoms with van der Waals surface area (Å²) in [5.41, 5.74) is 1.67. The third kappa shape index (κ3) is 1.90. The van der Waals surface area contributed by atoms with E-state index in [1.165, 1.54) is 5.56 Å². The van der Waals surface area contributed by atoms with Crippen LogP contribution in [0.25, 0.3) is 0 Å². The smallest absolute Gasteiger partial charge is 0.0826 e. The minimum absolute atomic E-state index is 0.168. The lowest BCUT2D eigenvalue weighted by atomic mass is 9.87. The van der Waals surface area contributed by atoms with Gasteiger partial charge in [0, 0.05) is 24.4 Å². The summed E-state index contributed by atoms with van der Waals surface area (Å²) >= 11 is 0. The fourth-order valence-corrected chi connectivity index (χ4v) is 2.50. The highest BCUT2D eigenvalue weighted by molar-refractivity contribution is 5.31. The number of rotatable bonds is 3. The molecular weight excluding hydrogens is 188 g/mol. The van der Waals surface area contributed by atoms with Crippen LogP contribution in [0, 0.1) is 0 Å². The minimum atomic E-state index is -0.700. The summed E-state index contributed by atoms with van der Waals surface area (Å²) in [4.78, 5) is 4.40. The van der Waals surface area contributed by atoms with Crippen molar-refractivity contribution in [3.8, 4) is 0 Å². The summed E-state index contributed by atoms with van der Waals surface area (Å²) in [5.74, 6) is 0.168. The lowest BCUT2D eigenvalue weighted by Gasteiger charge is -2.29. The van der Waals surface area contributed by atoms with Gasteiger partial charge in [-0.05, 0) is 38.4 Å². The van der Waals surface area contributed by atoms with E-state index in [-0.39, 0.29) is 5.92 Å².